The Balaban J connectivity index is 2.67. The number of halogens is 3. The van der Waals surface area contributed by atoms with Crippen LogP contribution in [0.15, 0.2) is 12.5 Å². The van der Waals surface area contributed by atoms with Crippen molar-refractivity contribution in [1.82, 2.24) is 14.9 Å². The highest BCUT2D eigenvalue weighted by molar-refractivity contribution is 5.05. The molecule has 0 aromatic carbocycles. The molecule has 0 radical (unpaired) electrons. The number of hydrogen-bond acceptors (Lipinski definition) is 3. The van der Waals surface area contributed by atoms with Gasteiger partial charge in [0.1, 0.15) is 0 Å². The van der Waals surface area contributed by atoms with Crippen molar-refractivity contribution in [2.75, 3.05) is 13.2 Å². The molecule has 7 heteroatoms. The Hall–Kier alpha value is -1.08. The van der Waals surface area contributed by atoms with Crippen LogP contribution in [0.3, 0.4) is 0 Å². The number of aliphatic hydroxyl groups excluding tert-OH is 1. The first-order valence-electron chi connectivity index (χ1n) is 4.89. The van der Waals surface area contributed by atoms with Gasteiger partial charge in [0.25, 0.3) is 0 Å². The highest BCUT2D eigenvalue weighted by atomic mass is 19.4. The van der Waals surface area contributed by atoms with Crippen molar-refractivity contribution in [2.45, 2.75) is 25.7 Å². The van der Waals surface area contributed by atoms with Gasteiger partial charge in [0.15, 0.2) is 0 Å². The minimum atomic E-state index is -4.29. The van der Waals surface area contributed by atoms with E-state index in [9.17, 15) is 13.2 Å². The molecule has 1 aromatic rings. The van der Waals surface area contributed by atoms with Crippen LogP contribution in [0.1, 0.15) is 18.7 Å². The summed E-state index contributed by atoms with van der Waals surface area (Å²) in [6.45, 7) is 0.914. The normalized spacial score (nSPS) is 14.1. The maximum Gasteiger partial charge on any atom is 0.401 e. The molecule has 1 atom stereocenters. The lowest BCUT2D eigenvalue weighted by molar-refractivity contribution is -0.126. The summed E-state index contributed by atoms with van der Waals surface area (Å²) >= 11 is 0. The Morgan fingerprint density at radius 3 is 2.75 bits per heavy atom. The van der Waals surface area contributed by atoms with E-state index < -0.39 is 25.4 Å². The van der Waals surface area contributed by atoms with E-state index in [0.29, 0.717) is 12.2 Å². The minimum absolute atomic E-state index is 0.401. The summed E-state index contributed by atoms with van der Waals surface area (Å²) in [5.74, 6) is 0. The van der Waals surface area contributed by atoms with Crippen LogP contribution in [0.5, 0.6) is 0 Å². The van der Waals surface area contributed by atoms with Gasteiger partial charge in [0, 0.05) is 12.7 Å². The quantitative estimate of drug-likeness (QED) is 0.806. The van der Waals surface area contributed by atoms with Gasteiger partial charge in [-0.15, -0.1) is 0 Å². The molecule has 0 aliphatic carbocycles. The van der Waals surface area contributed by atoms with Crippen molar-refractivity contribution >= 4 is 0 Å². The number of nitrogens with one attached hydrogen (secondary N) is 1. The largest absolute Gasteiger partial charge is 0.401 e. The van der Waals surface area contributed by atoms with Crippen molar-refractivity contribution in [3.63, 3.8) is 0 Å². The van der Waals surface area contributed by atoms with E-state index in [-0.39, 0.29) is 0 Å². The predicted octanol–water partition coefficient (Wildman–Crippen LogP) is 1.09. The van der Waals surface area contributed by atoms with Crippen LogP contribution in [0.4, 0.5) is 13.2 Å². The molecule has 0 spiro atoms. The summed E-state index contributed by atoms with van der Waals surface area (Å²) in [4.78, 5) is 3.84. The lowest BCUT2D eigenvalue weighted by atomic mass is 10.2. The molecule has 1 heterocycles. The predicted molar refractivity (Wildman–Crippen MR) is 51.8 cm³/mol. The van der Waals surface area contributed by atoms with Crippen molar-refractivity contribution in [1.29, 1.82) is 0 Å². The topological polar surface area (TPSA) is 50.1 Å². The summed E-state index contributed by atoms with van der Waals surface area (Å²) in [5.41, 5.74) is 0.550. The second kappa shape index (κ2) is 5.31. The molecule has 1 unspecified atom stereocenters. The molecular weight excluding hydrogens is 223 g/mol. The number of nitrogens with zero attached hydrogens (tertiary/aromatic N) is 2. The van der Waals surface area contributed by atoms with E-state index in [0.717, 1.165) is 0 Å². The molecule has 0 fully saturated rings. The molecule has 2 N–H and O–H groups in total. The number of aliphatic hydroxyl groups is 1. The Morgan fingerprint density at radius 2 is 2.25 bits per heavy atom. The second-order valence-corrected chi connectivity index (χ2v) is 3.34. The zero-order valence-corrected chi connectivity index (χ0v) is 8.83. The van der Waals surface area contributed by atoms with Crippen LogP contribution in [0.2, 0.25) is 0 Å². The van der Waals surface area contributed by atoms with Gasteiger partial charge in [0.05, 0.1) is 31.2 Å². The number of rotatable bonds is 5. The third-order valence-corrected chi connectivity index (χ3v) is 2.17. The Kier molecular flexibility index (Phi) is 4.31. The molecule has 0 bridgehead atoms. The van der Waals surface area contributed by atoms with Crippen molar-refractivity contribution in [2.24, 2.45) is 0 Å². The molecule has 16 heavy (non-hydrogen) atoms. The molecule has 0 aliphatic heterocycles. The van der Waals surface area contributed by atoms with Crippen molar-refractivity contribution in [3.05, 3.63) is 18.2 Å². The van der Waals surface area contributed by atoms with Gasteiger partial charge in [-0.05, 0) is 6.92 Å². The standard InChI is InChI=1S/C9H14F3N3O/c1-2-15-6-13-3-8(15)7(4-16)14-5-9(10,11)12/h3,6-7,14,16H,2,4-5H2,1H3. The van der Waals surface area contributed by atoms with Crippen LogP contribution < -0.4 is 5.32 Å². The van der Waals surface area contributed by atoms with Crippen molar-refractivity contribution < 1.29 is 18.3 Å². The molecule has 4 nitrogen and oxygen atoms in total. The summed E-state index contributed by atoms with van der Waals surface area (Å²) in [5, 5.41) is 11.3. The van der Waals surface area contributed by atoms with Gasteiger partial charge in [0.2, 0.25) is 0 Å². The highest BCUT2D eigenvalue weighted by Crippen LogP contribution is 2.17. The zero-order chi connectivity index (χ0) is 12.2. The van der Waals surface area contributed by atoms with Gasteiger partial charge in [-0.3, -0.25) is 5.32 Å². The van der Waals surface area contributed by atoms with Crippen LogP contribution in [-0.2, 0) is 6.54 Å². The fourth-order valence-electron chi connectivity index (χ4n) is 1.39. The molecule has 1 rings (SSSR count). The van der Waals surface area contributed by atoms with E-state index in [1.807, 2.05) is 6.92 Å². The number of aryl methyl sites for hydroxylation is 1. The van der Waals surface area contributed by atoms with Crippen LogP contribution >= 0.6 is 0 Å². The first-order chi connectivity index (χ1) is 7.48. The van der Waals surface area contributed by atoms with Crippen LogP contribution in [-0.4, -0.2) is 34.0 Å². The second-order valence-electron chi connectivity index (χ2n) is 3.34. The van der Waals surface area contributed by atoms with Gasteiger partial charge >= 0.3 is 6.18 Å². The molecule has 1 aromatic heterocycles. The average Bonchev–Trinajstić information content (AvgIpc) is 2.65. The number of alkyl halides is 3. The molecule has 0 saturated carbocycles. The van der Waals surface area contributed by atoms with E-state index in [4.69, 9.17) is 5.11 Å². The van der Waals surface area contributed by atoms with E-state index >= 15 is 0 Å². The summed E-state index contributed by atoms with van der Waals surface area (Å²) < 4.78 is 37.7. The van der Waals surface area contributed by atoms with E-state index in [1.54, 1.807) is 4.57 Å². The fourth-order valence-corrected chi connectivity index (χ4v) is 1.39. The first kappa shape index (κ1) is 13.0. The average molecular weight is 237 g/mol. The third-order valence-electron chi connectivity index (χ3n) is 2.17. The Morgan fingerprint density at radius 1 is 1.56 bits per heavy atom. The minimum Gasteiger partial charge on any atom is -0.394 e. The molecule has 0 amide bonds. The zero-order valence-electron chi connectivity index (χ0n) is 8.83. The SMILES string of the molecule is CCn1cncc1C(CO)NCC(F)(F)F. The summed E-state index contributed by atoms with van der Waals surface area (Å²) in [6, 6.07) is -0.746. The monoisotopic (exact) mass is 237 g/mol. The van der Waals surface area contributed by atoms with E-state index in [1.165, 1.54) is 12.5 Å². The lowest BCUT2D eigenvalue weighted by Crippen LogP contribution is -2.34. The smallest absolute Gasteiger partial charge is 0.394 e. The highest BCUT2D eigenvalue weighted by Gasteiger charge is 2.28. The van der Waals surface area contributed by atoms with Crippen molar-refractivity contribution in [3.8, 4) is 0 Å². The van der Waals surface area contributed by atoms with Gasteiger partial charge < -0.3 is 9.67 Å². The van der Waals surface area contributed by atoms with Crippen LogP contribution in [0, 0.1) is 0 Å². The van der Waals surface area contributed by atoms with Crippen LogP contribution in [0.25, 0.3) is 0 Å². The molecule has 0 aliphatic rings. The number of aromatic nitrogens is 2. The van der Waals surface area contributed by atoms with Gasteiger partial charge in [-0.1, -0.05) is 0 Å². The number of hydrogen-bond donors (Lipinski definition) is 2. The molecule has 0 saturated heterocycles. The third kappa shape index (κ3) is 3.49. The Bertz CT molecular complexity index is 324. The summed E-state index contributed by atoms with van der Waals surface area (Å²) in [7, 11) is 0. The number of imidazole rings is 1. The molecule has 92 valence electrons. The Labute approximate surface area is 91.1 Å². The van der Waals surface area contributed by atoms with E-state index in [2.05, 4.69) is 10.3 Å². The van der Waals surface area contributed by atoms with Gasteiger partial charge in [-0.2, -0.15) is 13.2 Å². The maximum atomic E-state index is 12.0. The first-order valence-corrected chi connectivity index (χ1v) is 4.89. The van der Waals surface area contributed by atoms with Gasteiger partial charge in [-0.25, -0.2) is 4.98 Å². The maximum absolute atomic E-state index is 12.0. The molecular formula is C9H14F3N3O. The lowest BCUT2D eigenvalue weighted by Gasteiger charge is -2.18. The fraction of sp³-hybridized carbons (Fsp3) is 0.667. The summed E-state index contributed by atoms with van der Waals surface area (Å²) in [6.07, 6.45) is -1.31.